The summed E-state index contributed by atoms with van der Waals surface area (Å²) in [5, 5.41) is 0. The first-order valence-electron chi connectivity index (χ1n) is 8.90. The van der Waals surface area contributed by atoms with Crippen molar-refractivity contribution in [2.45, 2.75) is 4.90 Å². The average molecular weight is 416 g/mol. The SMILES string of the molecule is O=C1OC(c2ccc(S(=O)(=O)N3CCOCC3)cc2)=N/C1=C/c1ccc(F)cc1. The van der Waals surface area contributed by atoms with Gasteiger partial charge in [-0.05, 0) is 48.0 Å². The quantitative estimate of drug-likeness (QED) is 0.564. The minimum Gasteiger partial charge on any atom is -0.402 e. The van der Waals surface area contributed by atoms with Crippen molar-refractivity contribution in [1.29, 1.82) is 0 Å². The lowest BCUT2D eigenvalue weighted by Crippen LogP contribution is -2.40. The van der Waals surface area contributed by atoms with E-state index in [1.165, 1.54) is 46.8 Å². The van der Waals surface area contributed by atoms with Gasteiger partial charge in [0.05, 0.1) is 18.1 Å². The molecule has 7 nitrogen and oxygen atoms in total. The van der Waals surface area contributed by atoms with Crippen molar-refractivity contribution in [3.8, 4) is 0 Å². The minimum atomic E-state index is -3.60. The minimum absolute atomic E-state index is 0.0802. The van der Waals surface area contributed by atoms with E-state index in [2.05, 4.69) is 4.99 Å². The number of carbonyl (C=O) groups is 1. The molecule has 2 heterocycles. The van der Waals surface area contributed by atoms with Crippen LogP contribution in [0.2, 0.25) is 0 Å². The van der Waals surface area contributed by atoms with Crippen LogP contribution < -0.4 is 0 Å². The fourth-order valence-electron chi connectivity index (χ4n) is 2.96. The zero-order valence-corrected chi connectivity index (χ0v) is 16.1. The first-order chi connectivity index (χ1) is 13.9. The van der Waals surface area contributed by atoms with Crippen LogP contribution in [0.1, 0.15) is 11.1 Å². The molecule has 0 unspecified atom stereocenters. The van der Waals surface area contributed by atoms with Gasteiger partial charge in [0, 0.05) is 18.7 Å². The summed E-state index contributed by atoms with van der Waals surface area (Å²) in [6, 6.07) is 11.6. The fourth-order valence-corrected chi connectivity index (χ4v) is 4.36. The van der Waals surface area contributed by atoms with E-state index in [1.54, 1.807) is 12.1 Å². The van der Waals surface area contributed by atoms with Crippen LogP contribution in [0.25, 0.3) is 6.08 Å². The van der Waals surface area contributed by atoms with Crippen molar-refractivity contribution in [1.82, 2.24) is 4.31 Å². The van der Waals surface area contributed by atoms with Gasteiger partial charge in [-0.2, -0.15) is 4.31 Å². The monoisotopic (exact) mass is 416 g/mol. The zero-order chi connectivity index (χ0) is 20.4. The van der Waals surface area contributed by atoms with Crippen LogP contribution in [0.4, 0.5) is 4.39 Å². The highest BCUT2D eigenvalue weighted by molar-refractivity contribution is 7.89. The Morgan fingerprint density at radius 1 is 1.00 bits per heavy atom. The Hall–Kier alpha value is -2.88. The number of ether oxygens (including phenoxy) is 2. The van der Waals surface area contributed by atoms with Gasteiger partial charge in [0.25, 0.3) is 0 Å². The molecule has 2 aromatic rings. The molecule has 2 aliphatic rings. The summed E-state index contributed by atoms with van der Waals surface area (Å²) in [6.07, 6.45) is 1.49. The molecule has 1 saturated heterocycles. The maximum Gasteiger partial charge on any atom is 0.363 e. The molecule has 29 heavy (non-hydrogen) atoms. The molecule has 1 fully saturated rings. The number of morpholine rings is 1. The summed E-state index contributed by atoms with van der Waals surface area (Å²) < 4.78 is 50.1. The molecule has 150 valence electrons. The number of sulfonamides is 1. The van der Waals surface area contributed by atoms with E-state index in [0.717, 1.165) is 0 Å². The van der Waals surface area contributed by atoms with Crippen LogP contribution in [-0.4, -0.2) is 50.9 Å². The van der Waals surface area contributed by atoms with Gasteiger partial charge in [0.15, 0.2) is 5.70 Å². The van der Waals surface area contributed by atoms with E-state index >= 15 is 0 Å². The molecule has 0 aliphatic carbocycles. The highest BCUT2D eigenvalue weighted by atomic mass is 32.2. The van der Waals surface area contributed by atoms with Gasteiger partial charge in [0.2, 0.25) is 15.9 Å². The highest BCUT2D eigenvalue weighted by Gasteiger charge is 2.28. The number of hydrogen-bond donors (Lipinski definition) is 0. The number of aliphatic imine (C=N–C) groups is 1. The Morgan fingerprint density at radius 3 is 2.31 bits per heavy atom. The van der Waals surface area contributed by atoms with E-state index in [1.807, 2.05) is 0 Å². The number of carbonyl (C=O) groups excluding carboxylic acids is 1. The third kappa shape index (κ3) is 4.12. The number of nitrogens with zero attached hydrogens (tertiary/aromatic N) is 2. The van der Waals surface area contributed by atoms with Crippen LogP contribution in [0.3, 0.4) is 0 Å². The van der Waals surface area contributed by atoms with Crippen LogP contribution >= 0.6 is 0 Å². The van der Waals surface area contributed by atoms with E-state index in [9.17, 15) is 17.6 Å². The van der Waals surface area contributed by atoms with Crippen LogP contribution in [0, 0.1) is 5.82 Å². The molecule has 0 N–H and O–H groups in total. The Labute approximate surface area is 167 Å². The summed E-state index contributed by atoms with van der Waals surface area (Å²) in [6.45, 7) is 1.36. The first kappa shape index (κ1) is 19.4. The van der Waals surface area contributed by atoms with Crippen molar-refractivity contribution in [3.63, 3.8) is 0 Å². The number of benzene rings is 2. The van der Waals surface area contributed by atoms with E-state index < -0.39 is 16.0 Å². The molecule has 0 amide bonds. The molecule has 0 radical (unpaired) electrons. The largest absolute Gasteiger partial charge is 0.402 e. The summed E-state index contributed by atoms with van der Waals surface area (Å²) in [4.78, 5) is 16.4. The van der Waals surface area contributed by atoms with Gasteiger partial charge in [-0.1, -0.05) is 12.1 Å². The van der Waals surface area contributed by atoms with Crippen molar-refractivity contribution in [2.24, 2.45) is 4.99 Å². The van der Waals surface area contributed by atoms with Crippen molar-refractivity contribution < 1.29 is 27.1 Å². The second-order valence-corrected chi connectivity index (χ2v) is 8.37. The van der Waals surface area contributed by atoms with Gasteiger partial charge >= 0.3 is 5.97 Å². The second-order valence-electron chi connectivity index (χ2n) is 6.43. The second kappa shape index (κ2) is 7.86. The Bertz CT molecular complexity index is 1090. The summed E-state index contributed by atoms with van der Waals surface area (Å²) in [5.41, 5.74) is 1.16. The summed E-state index contributed by atoms with van der Waals surface area (Å²) in [7, 11) is -3.60. The smallest absolute Gasteiger partial charge is 0.363 e. The Balaban J connectivity index is 1.56. The standard InChI is InChI=1S/C20H17FN2O5S/c21-16-5-1-14(2-6-16)13-18-20(24)28-19(22-18)15-3-7-17(8-4-15)29(25,26)23-9-11-27-12-10-23/h1-8,13H,9-12H2/b18-13+. The van der Waals surface area contributed by atoms with Gasteiger partial charge in [0.1, 0.15) is 5.82 Å². The maximum atomic E-state index is 13.0. The topological polar surface area (TPSA) is 85.3 Å². The van der Waals surface area contributed by atoms with E-state index in [-0.39, 0.29) is 22.3 Å². The molecule has 2 aliphatic heterocycles. The fraction of sp³-hybridized carbons (Fsp3) is 0.200. The third-order valence-electron chi connectivity index (χ3n) is 4.50. The molecule has 9 heteroatoms. The molecular weight excluding hydrogens is 399 g/mol. The number of cyclic esters (lactones) is 1. The van der Waals surface area contributed by atoms with Gasteiger partial charge in [-0.3, -0.25) is 0 Å². The molecule has 0 saturated carbocycles. The zero-order valence-electron chi connectivity index (χ0n) is 15.2. The van der Waals surface area contributed by atoms with Crippen LogP contribution in [-0.2, 0) is 24.3 Å². The van der Waals surface area contributed by atoms with Crippen molar-refractivity contribution in [3.05, 3.63) is 71.2 Å². The van der Waals surface area contributed by atoms with Crippen molar-refractivity contribution in [2.75, 3.05) is 26.3 Å². The highest BCUT2D eigenvalue weighted by Crippen LogP contribution is 2.22. The lowest BCUT2D eigenvalue weighted by molar-refractivity contribution is -0.129. The molecular formula is C20H17FN2O5S. The van der Waals surface area contributed by atoms with Crippen molar-refractivity contribution >= 4 is 28.0 Å². The maximum absolute atomic E-state index is 13.0. The van der Waals surface area contributed by atoms with Gasteiger partial charge in [-0.25, -0.2) is 22.6 Å². The third-order valence-corrected chi connectivity index (χ3v) is 6.42. The molecule has 4 rings (SSSR count). The predicted molar refractivity (Wildman–Crippen MR) is 103 cm³/mol. The predicted octanol–water partition coefficient (Wildman–Crippen LogP) is 2.19. The summed E-state index contributed by atoms with van der Waals surface area (Å²) in [5.74, 6) is -0.925. The number of hydrogen-bond acceptors (Lipinski definition) is 6. The first-order valence-corrected chi connectivity index (χ1v) is 10.3. The lowest BCUT2D eigenvalue weighted by atomic mass is 10.2. The molecule has 0 aromatic heterocycles. The Morgan fingerprint density at radius 2 is 1.66 bits per heavy atom. The molecule has 0 spiro atoms. The lowest BCUT2D eigenvalue weighted by Gasteiger charge is -2.26. The average Bonchev–Trinajstić information content (AvgIpc) is 3.11. The summed E-state index contributed by atoms with van der Waals surface area (Å²) >= 11 is 0. The van der Waals surface area contributed by atoms with Gasteiger partial charge < -0.3 is 9.47 Å². The van der Waals surface area contributed by atoms with Crippen LogP contribution in [0.15, 0.2) is 64.1 Å². The van der Waals surface area contributed by atoms with Crippen LogP contribution in [0.5, 0.6) is 0 Å². The van der Waals surface area contributed by atoms with E-state index in [4.69, 9.17) is 9.47 Å². The molecule has 0 bridgehead atoms. The number of halogens is 1. The molecule has 2 aromatic carbocycles. The van der Waals surface area contributed by atoms with E-state index in [0.29, 0.717) is 37.4 Å². The number of esters is 1. The normalized spacial score (nSPS) is 19.3. The number of rotatable bonds is 4. The van der Waals surface area contributed by atoms with Gasteiger partial charge in [-0.15, -0.1) is 0 Å². The Kier molecular flexibility index (Phi) is 5.27. The molecule has 0 atom stereocenters.